The number of aryl methyl sites for hydroxylation is 1. The maximum Gasteiger partial charge on any atom is 0.375 e. The van der Waals surface area contributed by atoms with Crippen LogP contribution in [0.4, 0.5) is 0 Å². The monoisotopic (exact) mass is 360 g/mol. The van der Waals surface area contributed by atoms with Gasteiger partial charge in [0.2, 0.25) is 11.6 Å². The van der Waals surface area contributed by atoms with E-state index in [1.807, 2.05) is 61.5 Å². The number of carbonyl (C=O) groups is 1. The lowest BCUT2D eigenvalue weighted by Crippen LogP contribution is -2.05. The van der Waals surface area contributed by atoms with E-state index in [1.54, 1.807) is 6.07 Å². The summed E-state index contributed by atoms with van der Waals surface area (Å²) in [6.45, 7) is 1.87. The molecule has 0 radical (unpaired) electrons. The minimum Gasteiger partial charge on any atom is -0.457 e. The number of esters is 1. The molecule has 0 saturated carbocycles. The van der Waals surface area contributed by atoms with Gasteiger partial charge in [0.05, 0.1) is 6.26 Å². The van der Waals surface area contributed by atoms with Crippen molar-refractivity contribution in [3.05, 3.63) is 84.1 Å². The largest absolute Gasteiger partial charge is 0.457 e. The number of benzene rings is 2. The number of rotatable bonds is 5. The summed E-state index contributed by atoms with van der Waals surface area (Å²) in [5.74, 6) is 0.212. The Kier molecular flexibility index (Phi) is 4.53. The summed E-state index contributed by atoms with van der Waals surface area (Å²) in [7, 11) is 0. The van der Waals surface area contributed by atoms with Crippen LogP contribution in [0.1, 0.15) is 22.0 Å². The number of furan rings is 1. The summed E-state index contributed by atoms with van der Waals surface area (Å²) < 4.78 is 15.8. The predicted octanol–water partition coefficient (Wildman–Crippen LogP) is 4.66. The molecule has 0 aliphatic heterocycles. The molecule has 0 N–H and O–H groups in total. The quantitative estimate of drug-likeness (QED) is 0.482. The van der Waals surface area contributed by atoms with Crippen molar-refractivity contribution in [3.63, 3.8) is 0 Å². The van der Waals surface area contributed by atoms with Crippen molar-refractivity contribution < 1.29 is 18.5 Å². The molecule has 134 valence electrons. The van der Waals surface area contributed by atoms with Crippen LogP contribution in [-0.4, -0.2) is 16.1 Å². The minimum atomic E-state index is -0.589. The second kappa shape index (κ2) is 7.29. The van der Waals surface area contributed by atoms with Crippen molar-refractivity contribution in [1.82, 2.24) is 10.1 Å². The van der Waals surface area contributed by atoms with Gasteiger partial charge in [0.25, 0.3) is 5.89 Å². The molecule has 27 heavy (non-hydrogen) atoms. The molecule has 0 bridgehead atoms. The molecule has 0 atom stereocenters. The fraction of sp³-hybridized carbons (Fsp3) is 0.0952. The van der Waals surface area contributed by atoms with Crippen LogP contribution in [0, 0.1) is 6.92 Å². The summed E-state index contributed by atoms with van der Waals surface area (Å²) in [5.41, 5.74) is 3.52. The molecule has 0 aliphatic rings. The maximum atomic E-state index is 12.4. The Morgan fingerprint density at radius 3 is 2.56 bits per heavy atom. The molecule has 0 spiro atoms. The Labute approximate surface area is 155 Å². The molecule has 4 aromatic rings. The number of hydrogen-bond acceptors (Lipinski definition) is 6. The molecule has 0 amide bonds. The van der Waals surface area contributed by atoms with Crippen LogP contribution in [0.5, 0.6) is 0 Å². The SMILES string of the molecule is Cc1ccc(-c2noc(COC(=O)c3occc3-c3ccccc3)n2)cc1. The van der Waals surface area contributed by atoms with Crippen LogP contribution in [0.2, 0.25) is 0 Å². The third-order valence-electron chi connectivity index (χ3n) is 4.04. The van der Waals surface area contributed by atoms with Crippen molar-refractivity contribution in [3.8, 4) is 22.5 Å². The molecule has 2 aromatic carbocycles. The predicted molar refractivity (Wildman–Crippen MR) is 97.7 cm³/mol. The van der Waals surface area contributed by atoms with Gasteiger partial charge in [0.15, 0.2) is 6.61 Å². The van der Waals surface area contributed by atoms with Crippen LogP contribution >= 0.6 is 0 Å². The van der Waals surface area contributed by atoms with Crippen molar-refractivity contribution >= 4 is 5.97 Å². The number of carbonyl (C=O) groups excluding carboxylic acids is 1. The van der Waals surface area contributed by atoms with Gasteiger partial charge in [-0.3, -0.25) is 0 Å². The Morgan fingerprint density at radius 2 is 1.78 bits per heavy atom. The molecule has 4 rings (SSSR count). The smallest absolute Gasteiger partial charge is 0.375 e. The summed E-state index contributed by atoms with van der Waals surface area (Å²) in [6.07, 6.45) is 1.46. The van der Waals surface area contributed by atoms with Crippen LogP contribution < -0.4 is 0 Å². The Bertz CT molecular complexity index is 1050. The zero-order chi connectivity index (χ0) is 18.6. The van der Waals surface area contributed by atoms with E-state index in [0.29, 0.717) is 11.4 Å². The van der Waals surface area contributed by atoms with E-state index in [0.717, 1.165) is 16.7 Å². The van der Waals surface area contributed by atoms with Gasteiger partial charge in [0.1, 0.15) is 0 Å². The molecule has 2 aromatic heterocycles. The first-order valence-corrected chi connectivity index (χ1v) is 8.40. The summed E-state index contributed by atoms with van der Waals surface area (Å²) >= 11 is 0. The minimum absolute atomic E-state index is 0.132. The lowest BCUT2D eigenvalue weighted by atomic mass is 10.1. The van der Waals surface area contributed by atoms with E-state index in [4.69, 9.17) is 13.7 Å². The van der Waals surface area contributed by atoms with Gasteiger partial charge in [-0.05, 0) is 18.6 Å². The third kappa shape index (κ3) is 3.64. The number of aromatic nitrogens is 2. The Hall–Kier alpha value is -3.67. The molecular formula is C21H16N2O4. The second-order valence-electron chi connectivity index (χ2n) is 5.98. The van der Waals surface area contributed by atoms with E-state index >= 15 is 0 Å². The third-order valence-corrected chi connectivity index (χ3v) is 4.04. The molecule has 2 heterocycles. The molecule has 0 fully saturated rings. The van der Waals surface area contributed by atoms with Crippen LogP contribution in [-0.2, 0) is 11.3 Å². The van der Waals surface area contributed by atoms with E-state index in [9.17, 15) is 4.79 Å². The molecular weight excluding hydrogens is 344 g/mol. The van der Waals surface area contributed by atoms with E-state index in [2.05, 4.69) is 10.1 Å². The first-order valence-electron chi connectivity index (χ1n) is 8.40. The highest BCUT2D eigenvalue weighted by molar-refractivity contribution is 5.94. The van der Waals surface area contributed by atoms with E-state index in [1.165, 1.54) is 6.26 Å². The van der Waals surface area contributed by atoms with Crippen LogP contribution in [0.25, 0.3) is 22.5 Å². The standard InChI is InChI=1S/C21H16N2O4/c1-14-7-9-16(10-8-14)20-22-18(27-23-20)13-26-21(24)19-17(11-12-25-19)15-5-3-2-4-6-15/h2-12H,13H2,1H3. The van der Waals surface area contributed by atoms with Gasteiger partial charge in [-0.1, -0.05) is 65.3 Å². The van der Waals surface area contributed by atoms with Gasteiger partial charge in [-0.2, -0.15) is 4.98 Å². The van der Waals surface area contributed by atoms with E-state index < -0.39 is 5.97 Å². The Morgan fingerprint density at radius 1 is 1.00 bits per heavy atom. The van der Waals surface area contributed by atoms with Crippen LogP contribution in [0.15, 0.2) is 75.9 Å². The summed E-state index contributed by atoms with van der Waals surface area (Å²) in [5, 5.41) is 3.92. The first-order chi connectivity index (χ1) is 13.2. The number of hydrogen-bond donors (Lipinski definition) is 0. The van der Waals surface area contributed by atoms with Crippen molar-refractivity contribution in [2.75, 3.05) is 0 Å². The lowest BCUT2D eigenvalue weighted by molar-refractivity contribution is 0.0395. The van der Waals surface area contributed by atoms with Crippen molar-refractivity contribution in [2.45, 2.75) is 13.5 Å². The van der Waals surface area contributed by atoms with Crippen molar-refractivity contribution in [2.24, 2.45) is 0 Å². The van der Waals surface area contributed by atoms with Gasteiger partial charge < -0.3 is 13.7 Å². The van der Waals surface area contributed by atoms with Gasteiger partial charge >= 0.3 is 5.97 Å². The fourth-order valence-electron chi connectivity index (χ4n) is 2.64. The van der Waals surface area contributed by atoms with Gasteiger partial charge in [-0.15, -0.1) is 0 Å². The van der Waals surface area contributed by atoms with Gasteiger partial charge in [-0.25, -0.2) is 4.79 Å². The average molecular weight is 360 g/mol. The Balaban J connectivity index is 1.45. The molecule has 6 nitrogen and oxygen atoms in total. The maximum absolute atomic E-state index is 12.4. The van der Waals surface area contributed by atoms with Crippen molar-refractivity contribution in [1.29, 1.82) is 0 Å². The number of ether oxygens (including phenoxy) is 1. The molecule has 0 aliphatic carbocycles. The fourth-order valence-corrected chi connectivity index (χ4v) is 2.64. The highest BCUT2D eigenvalue weighted by Gasteiger charge is 2.19. The average Bonchev–Trinajstić information content (AvgIpc) is 3.37. The van der Waals surface area contributed by atoms with Gasteiger partial charge in [0, 0.05) is 11.1 Å². The van der Waals surface area contributed by atoms with Crippen LogP contribution in [0.3, 0.4) is 0 Å². The highest BCUT2D eigenvalue weighted by atomic mass is 16.6. The molecule has 6 heteroatoms. The van der Waals surface area contributed by atoms with E-state index in [-0.39, 0.29) is 18.3 Å². The zero-order valence-electron chi connectivity index (χ0n) is 14.6. The second-order valence-corrected chi connectivity index (χ2v) is 5.98. The zero-order valence-corrected chi connectivity index (χ0v) is 14.6. The summed E-state index contributed by atoms with van der Waals surface area (Å²) in [6, 6.07) is 19.0. The molecule has 0 unspecified atom stereocenters. The number of nitrogens with zero attached hydrogens (tertiary/aromatic N) is 2. The molecule has 0 saturated heterocycles. The topological polar surface area (TPSA) is 78.4 Å². The normalized spacial score (nSPS) is 10.7. The lowest BCUT2D eigenvalue weighted by Gasteiger charge is -2.02. The first kappa shape index (κ1) is 16.8. The summed E-state index contributed by atoms with van der Waals surface area (Å²) in [4.78, 5) is 16.6. The highest BCUT2D eigenvalue weighted by Crippen LogP contribution is 2.25.